The topological polar surface area (TPSA) is 66.9 Å². The van der Waals surface area contributed by atoms with Gasteiger partial charge in [-0.05, 0) is 69.9 Å². The number of carbonyl (C=O) groups is 3. The lowest BCUT2D eigenvalue weighted by atomic mass is 10.2. The molecule has 0 spiro atoms. The lowest BCUT2D eigenvalue weighted by Crippen LogP contribution is -2.42. The molecule has 2 aliphatic heterocycles. The molecule has 2 aromatic carbocycles. The van der Waals surface area contributed by atoms with Crippen molar-refractivity contribution in [2.75, 3.05) is 19.6 Å². The van der Waals surface area contributed by atoms with Crippen LogP contribution in [-0.4, -0.2) is 46.5 Å². The number of hydrogen-bond acceptors (Lipinski definition) is 5. The van der Waals surface area contributed by atoms with Gasteiger partial charge in [0.25, 0.3) is 11.1 Å². The molecule has 9 heteroatoms. The van der Waals surface area contributed by atoms with Crippen LogP contribution in [0.4, 0.5) is 4.79 Å². The summed E-state index contributed by atoms with van der Waals surface area (Å²) < 4.78 is 6.50. The van der Waals surface area contributed by atoms with Crippen LogP contribution < -0.4 is 4.74 Å². The van der Waals surface area contributed by atoms with E-state index in [2.05, 4.69) is 15.9 Å². The van der Waals surface area contributed by atoms with Crippen LogP contribution in [0, 0.1) is 0 Å². The van der Waals surface area contributed by atoms with Gasteiger partial charge in [0.15, 0.2) is 5.75 Å². The normalized spacial score (nSPS) is 17.9. The third-order valence-electron chi connectivity index (χ3n) is 5.67. The van der Waals surface area contributed by atoms with Crippen LogP contribution in [0.1, 0.15) is 36.8 Å². The summed E-state index contributed by atoms with van der Waals surface area (Å²) in [7, 11) is 0. The first-order valence-electron chi connectivity index (χ1n) is 11.1. The Labute approximate surface area is 216 Å². The van der Waals surface area contributed by atoms with Gasteiger partial charge in [0.05, 0.1) is 14.4 Å². The number of carbonyl (C=O) groups excluding carboxylic acids is 3. The van der Waals surface area contributed by atoms with E-state index in [0.717, 1.165) is 47.9 Å². The molecule has 34 heavy (non-hydrogen) atoms. The average molecular weight is 564 g/mol. The first-order chi connectivity index (χ1) is 16.4. The minimum absolute atomic E-state index is 0.184. The van der Waals surface area contributed by atoms with Crippen LogP contribution in [0.3, 0.4) is 0 Å². The van der Waals surface area contributed by atoms with Crippen molar-refractivity contribution >= 4 is 62.4 Å². The highest BCUT2D eigenvalue weighted by molar-refractivity contribution is 9.10. The maximum absolute atomic E-state index is 12.9. The van der Waals surface area contributed by atoms with Gasteiger partial charge >= 0.3 is 0 Å². The minimum Gasteiger partial charge on any atom is -0.486 e. The first-order valence-corrected chi connectivity index (χ1v) is 13.1. The summed E-state index contributed by atoms with van der Waals surface area (Å²) in [5.41, 5.74) is 1.66. The van der Waals surface area contributed by atoms with Gasteiger partial charge in [0.2, 0.25) is 5.91 Å². The number of benzene rings is 2. The molecule has 0 saturated carbocycles. The van der Waals surface area contributed by atoms with E-state index in [0.29, 0.717) is 40.5 Å². The molecular weight excluding hydrogens is 540 g/mol. The van der Waals surface area contributed by atoms with E-state index in [-0.39, 0.29) is 17.4 Å². The van der Waals surface area contributed by atoms with Crippen LogP contribution in [0.2, 0.25) is 5.02 Å². The fraction of sp³-hybridized carbons (Fsp3) is 0.320. The van der Waals surface area contributed by atoms with E-state index in [4.69, 9.17) is 16.3 Å². The van der Waals surface area contributed by atoms with Gasteiger partial charge in [-0.3, -0.25) is 19.3 Å². The highest BCUT2D eigenvalue weighted by atomic mass is 79.9. The molecule has 0 bridgehead atoms. The molecule has 0 aromatic heterocycles. The van der Waals surface area contributed by atoms with Gasteiger partial charge in [0.1, 0.15) is 13.2 Å². The first kappa shape index (κ1) is 24.8. The van der Waals surface area contributed by atoms with Gasteiger partial charge in [-0.1, -0.05) is 54.8 Å². The van der Waals surface area contributed by atoms with Gasteiger partial charge in [-0.2, -0.15) is 0 Å². The van der Waals surface area contributed by atoms with Crippen molar-refractivity contribution in [3.63, 3.8) is 0 Å². The Morgan fingerprint density at radius 2 is 1.79 bits per heavy atom. The van der Waals surface area contributed by atoms with E-state index >= 15 is 0 Å². The molecule has 0 atom stereocenters. The summed E-state index contributed by atoms with van der Waals surface area (Å²) in [4.78, 5) is 41.1. The van der Waals surface area contributed by atoms with Crippen molar-refractivity contribution in [1.29, 1.82) is 0 Å². The van der Waals surface area contributed by atoms with E-state index in [9.17, 15) is 14.4 Å². The van der Waals surface area contributed by atoms with Crippen molar-refractivity contribution in [2.45, 2.75) is 32.3 Å². The number of likely N-dealkylation sites (tertiary alicyclic amines) is 1. The summed E-state index contributed by atoms with van der Waals surface area (Å²) in [6.07, 6.45) is 5.71. The summed E-state index contributed by atoms with van der Waals surface area (Å²) in [6.45, 7) is 1.49. The number of nitrogens with zero attached hydrogens (tertiary/aromatic N) is 2. The van der Waals surface area contributed by atoms with Crippen LogP contribution in [-0.2, 0) is 16.2 Å². The average Bonchev–Trinajstić information content (AvgIpc) is 3.01. The zero-order chi connectivity index (χ0) is 24.1. The van der Waals surface area contributed by atoms with Crippen molar-refractivity contribution in [2.24, 2.45) is 0 Å². The number of rotatable bonds is 6. The molecule has 2 heterocycles. The van der Waals surface area contributed by atoms with Crippen molar-refractivity contribution in [1.82, 2.24) is 9.80 Å². The molecule has 0 unspecified atom stereocenters. The maximum atomic E-state index is 12.9. The SMILES string of the molecule is O=C(CN1C(=O)SC(=Cc2cc(Cl)c(OCc3ccccc3)c(Br)c2)C1=O)N1CCCCCC1. The number of halogens is 2. The Morgan fingerprint density at radius 3 is 2.47 bits per heavy atom. The van der Waals surface area contributed by atoms with Crippen molar-refractivity contribution in [3.8, 4) is 5.75 Å². The number of imide groups is 1. The Kier molecular flexibility index (Phi) is 8.34. The number of thioether (sulfide) groups is 1. The van der Waals surface area contributed by atoms with E-state index in [1.807, 2.05) is 30.3 Å². The second-order valence-electron chi connectivity index (χ2n) is 8.15. The quantitative estimate of drug-likeness (QED) is 0.396. The third-order valence-corrected chi connectivity index (χ3v) is 7.45. The molecule has 2 fully saturated rings. The fourth-order valence-electron chi connectivity index (χ4n) is 3.87. The second kappa shape index (κ2) is 11.4. The highest BCUT2D eigenvalue weighted by Gasteiger charge is 2.37. The largest absolute Gasteiger partial charge is 0.486 e. The molecular formula is C25H24BrClN2O4S. The number of amides is 3. The molecule has 0 N–H and O–H groups in total. The predicted octanol–water partition coefficient (Wildman–Crippen LogP) is 6.12. The van der Waals surface area contributed by atoms with Crippen LogP contribution >= 0.6 is 39.3 Å². The van der Waals surface area contributed by atoms with Gasteiger partial charge in [0, 0.05) is 13.1 Å². The summed E-state index contributed by atoms with van der Waals surface area (Å²) in [5.74, 6) is -0.148. The standard InChI is InChI=1S/C25H24BrClN2O4S/c26-19-12-18(13-20(27)23(19)33-16-17-8-4-3-5-9-17)14-21-24(31)29(25(32)34-21)15-22(30)28-10-6-1-2-7-11-28/h3-5,8-9,12-14H,1-2,6-7,10-11,15-16H2. The highest BCUT2D eigenvalue weighted by Crippen LogP contribution is 2.38. The molecule has 0 aliphatic carbocycles. The molecule has 2 aliphatic rings. The summed E-state index contributed by atoms with van der Waals surface area (Å²) >= 11 is 10.8. The van der Waals surface area contributed by atoms with Gasteiger partial charge in [-0.25, -0.2) is 0 Å². The Bertz CT molecular complexity index is 1090. The maximum Gasteiger partial charge on any atom is 0.294 e. The number of hydrogen-bond donors (Lipinski definition) is 0. The molecule has 2 aromatic rings. The van der Waals surface area contributed by atoms with Crippen LogP contribution in [0.25, 0.3) is 6.08 Å². The van der Waals surface area contributed by atoms with E-state index in [1.165, 1.54) is 0 Å². The smallest absolute Gasteiger partial charge is 0.294 e. The molecule has 2 saturated heterocycles. The van der Waals surface area contributed by atoms with Crippen LogP contribution in [0.5, 0.6) is 5.75 Å². The lowest BCUT2D eigenvalue weighted by molar-refractivity contribution is -0.135. The van der Waals surface area contributed by atoms with Gasteiger partial charge < -0.3 is 9.64 Å². The molecule has 4 rings (SSSR count). The zero-order valence-corrected chi connectivity index (χ0v) is 21.6. The summed E-state index contributed by atoms with van der Waals surface area (Å²) in [6, 6.07) is 13.2. The zero-order valence-electron chi connectivity index (χ0n) is 18.5. The Morgan fingerprint density at radius 1 is 1.09 bits per heavy atom. The van der Waals surface area contributed by atoms with Crippen molar-refractivity contribution < 1.29 is 19.1 Å². The molecule has 3 amide bonds. The van der Waals surface area contributed by atoms with E-state index < -0.39 is 11.1 Å². The molecule has 6 nitrogen and oxygen atoms in total. The van der Waals surface area contributed by atoms with E-state index in [1.54, 1.807) is 23.1 Å². The van der Waals surface area contributed by atoms with Crippen molar-refractivity contribution in [3.05, 3.63) is 68.0 Å². The predicted molar refractivity (Wildman–Crippen MR) is 138 cm³/mol. The molecule has 0 radical (unpaired) electrons. The summed E-state index contributed by atoms with van der Waals surface area (Å²) in [5, 5.41) is -0.0560. The Balaban J connectivity index is 1.44. The minimum atomic E-state index is -0.463. The fourth-order valence-corrected chi connectivity index (χ4v) is 5.70. The molecule has 178 valence electrons. The second-order valence-corrected chi connectivity index (χ2v) is 10.4. The number of ether oxygens (including phenoxy) is 1. The van der Waals surface area contributed by atoms with Gasteiger partial charge in [-0.15, -0.1) is 0 Å². The Hall–Kier alpha value is -2.29. The lowest BCUT2D eigenvalue weighted by Gasteiger charge is -2.22. The van der Waals surface area contributed by atoms with Crippen LogP contribution in [0.15, 0.2) is 51.8 Å². The third kappa shape index (κ3) is 6.03. The monoisotopic (exact) mass is 562 g/mol.